The van der Waals surface area contributed by atoms with Crippen LogP contribution in [0.15, 0.2) is 24.3 Å². The molecule has 1 aromatic carbocycles. The Morgan fingerprint density at radius 3 is 2.75 bits per heavy atom. The van der Waals surface area contributed by atoms with Gasteiger partial charge in [-0.2, -0.15) is 8.78 Å². The van der Waals surface area contributed by atoms with E-state index in [4.69, 9.17) is 9.47 Å². The molecule has 2 fully saturated rings. The summed E-state index contributed by atoms with van der Waals surface area (Å²) in [6.45, 7) is -1.08. The van der Waals surface area contributed by atoms with Crippen molar-refractivity contribution in [3.05, 3.63) is 29.8 Å². The average molecular weight is 341 g/mol. The molecule has 0 bridgehead atoms. The number of carbonyl (C=O) groups excluding carboxylic acids is 1. The van der Waals surface area contributed by atoms with Crippen molar-refractivity contribution in [1.29, 1.82) is 0 Å². The van der Waals surface area contributed by atoms with Crippen LogP contribution >= 0.6 is 0 Å². The number of hydrogen-bond acceptors (Lipinski definition) is 4. The first-order chi connectivity index (χ1) is 11.6. The second-order valence-corrected chi connectivity index (χ2v) is 6.18. The fraction of sp³-hybridized carbons (Fsp3) is 0.588. The lowest BCUT2D eigenvalue weighted by Gasteiger charge is -2.43. The third-order valence-electron chi connectivity index (χ3n) is 4.58. The van der Waals surface area contributed by atoms with Crippen molar-refractivity contribution in [1.82, 2.24) is 5.32 Å². The standard InChI is InChI=1S/C17H21F2NO4/c18-16(19)24-14-4-2-1-3-13(14)15(21)20-12-5-8-23-17(11-12)6-9-22-10-7-17/h1-4,12,16H,5-11H2,(H,20,21)/t12-/m0/s1. The van der Waals surface area contributed by atoms with Crippen LogP contribution in [0.25, 0.3) is 0 Å². The molecule has 1 amide bonds. The zero-order valence-electron chi connectivity index (χ0n) is 13.3. The molecule has 2 saturated heterocycles. The molecular formula is C17H21F2NO4. The summed E-state index contributed by atoms with van der Waals surface area (Å²) >= 11 is 0. The van der Waals surface area contributed by atoms with Gasteiger partial charge in [-0.15, -0.1) is 0 Å². The molecule has 2 aliphatic rings. The Morgan fingerprint density at radius 1 is 1.25 bits per heavy atom. The van der Waals surface area contributed by atoms with Crippen LogP contribution in [0.2, 0.25) is 0 Å². The fourth-order valence-electron chi connectivity index (χ4n) is 3.36. The van der Waals surface area contributed by atoms with Gasteiger partial charge in [-0.05, 0) is 37.8 Å². The largest absolute Gasteiger partial charge is 0.434 e. The summed E-state index contributed by atoms with van der Waals surface area (Å²) in [6, 6.07) is 5.97. The van der Waals surface area contributed by atoms with Crippen molar-refractivity contribution in [2.45, 2.75) is 43.9 Å². The van der Waals surface area contributed by atoms with E-state index >= 15 is 0 Å². The number of para-hydroxylation sites is 1. The molecule has 0 aromatic heterocycles. The van der Waals surface area contributed by atoms with Gasteiger partial charge in [0.1, 0.15) is 5.75 Å². The minimum Gasteiger partial charge on any atom is -0.434 e. The number of halogens is 2. The fourth-order valence-corrected chi connectivity index (χ4v) is 3.36. The highest BCUT2D eigenvalue weighted by molar-refractivity contribution is 5.97. The van der Waals surface area contributed by atoms with Gasteiger partial charge in [0.2, 0.25) is 0 Å². The number of alkyl halides is 2. The molecule has 3 rings (SSSR count). The monoisotopic (exact) mass is 341 g/mol. The number of ether oxygens (including phenoxy) is 3. The summed E-state index contributed by atoms with van der Waals surface area (Å²) in [7, 11) is 0. The Kier molecular flexibility index (Phi) is 5.30. The molecule has 0 radical (unpaired) electrons. The Hall–Kier alpha value is -1.73. The number of nitrogens with one attached hydrogen (secondary N) is 1. The van der Waals surface area contributed by atoms with Crippen molar-refractivity contribution in [2.24, 2.45) is 0 Å². The van der Waals surface area contributed by atoms with Crippen LogP contribution in [0.5, 0.6) is 5.75 Å². The first kappa shape index (κ1) is 17.1. The van der Waals surface area contributed by atoms with E-state index in [-0.39, 0.29) is 23.0 Å². The molecule has 2 aliphatic heterocycles. The normalized spacial score (nSPS) is 23.2. The highest BCUT2D eigenvalue weighted by Crippen LogP contribution is 2.34. The molecule has 5 nitrogen and oxygen atoms in total. The van der Waals surface area contributed by atoms with E-state index < -0.39 is 12.5 Å². The second-order valence-electron chi connectivity index (χ2n) is 6.18. The van der Waals surface area contributed by atoms with Crippen molar-refractivity contribution in [2.75, 3.05) is 19.8 Å². The minimum atomic E-state index is -2.97. The van der Waals surface area contributed by atoms with E-state index in [1.54, 1.807) is 12.1 Å². The van der Waals surface area contributed by atoms with Gasteiger partial charge in [0.25, 0.3) is 5.91 Å². The Balaban J connectivity index is 1.66. The van der Waals surface area contributed by atoms with E-state index in [0.29, 0.717) is 32.7 Å². The Labute approximate surface area is 139 Å². The smallest absolute Gasteiger partial charge is 0.387 e. The molecule has 1 atom stereocenters. The lowest BCUT2D eigenvalue weighted by atomic mass is 9.84. The van der Waals surface area contributed by atoms with E-state index in [0.717, 1.165) is 12.8 Å². The highest BCUT2D eigenvalue weighted by atomic mass is 19.3. The van der Waals surface area contributed by atoms with Gasteiger partial charge < -0.3 is 19.5 Å². The molecule has 7 heteroatoms. The van der Waals surface area contributed by atoms with Gasteiger partial charge in [0, 0.05) is 25.9 Å². The van der Waals surface area contributed by atoms with Gasteiger partial charge in [0.15, 0.2) is 0 Å². The van der Waals surface area contributed by atoms with Crippen molar-refractivity contribution >= 4 is 5.91 Å². The predicted octanol–water partition coefficient (Wildman–Crippen LogP) is 2.75. The van der Waals surface area contributed by atoms with Crippen LogP contribution in [0.3, 0.4) is 0 Å². The molecule has 1 N–H and O–H groups in total. The van der Waals surface area contributed by atoms with E-state index in [1.165, 1.54) is 12.1 Å². The van der Waals surface area contributed by atoms with Gasteiger partial charge in [-0.25, -0.2) is 0 Å². The zero-order valence-corrected chi connectivity index (χ0v) is 13.3. The van der Waals surface area contributed by atoms with Gasteiger partial charge in [-0.1, -0.05) is 12.1 Å². The van der Waals surface area contributed by atoms with Gasteiger partial charge in [-0.3, -0.25) is 4.79 Å². The van der Waals surface area contributed by atoms with Crippen LogP contribution in [-0.4, -0.2) is 44.0 Å². The summed E-state index contributed by atoms with van der Waals surface area (Å²) in [5.74, 6) is -0.516. The van der Waals surface area contributed by atoms with Crippen LogP contribution in [-0.2, 0) is 9.47 Å². The molecular weight excluding hydrogens is 320 g/mol. The molecule has 132 valence electrons. The first-order valence-corrected chi connectivity index (χ1v) is 8.14. The number of rotatable bonds is 4. The minimum absolute atomic E-state index is 0.0519. The van der Waals surface area contributed by atoms with Gasteiger partial charge in [0.05, 0.1) is 11.2 Å². The predicted molar refractivity (Wildman–Crippen MR) is 82.3 cm³/mol. The Bertz CT molecular complexity index is 570. The summed E-state index contributed by atoms with van der Waals surface area (Å²) in [5.41, 5.74) is -0.127. The maximum atomic E-state index is 12.5. The first-order valence-electron chi connectivity index (χ1n) is 8.14. The van der Waals surface area contributed by atoms with Crippen LogP contribution in [0, 0.1) is 0 Å². The molecule has 0 saturated carbocycles. The van der Waals surface area contributed by atoms with Gasteiger partial charge >= 0.3 is 6.61 Å². The summed E-state index contributed by atoms with van der Waals surface area (Å²) in [6.07, 6.45) is 3.03. The SMILES string of the molecule is O=C(N[C@H]1CCOC2(CCOCC2)C1)c1ccccc1OC(F)F. The molecule has 1 spiro atoms. The molecule has 1 aromatic rings. The maximum Gasteiger partial charge on any atom is 0.387 e. The maximum absolute atomic E-state index is 12.5. The van der Waals surface area contributed by atoms with Crippen molar-refractivity contribution in [3.63, 3.8) is 0 Å². The quantitative estimate of drug-likeness (QED) is 0.915. The zero-order chi connectivity index (χ0) is 17.0. The third kappa shape index (κ3) is 4.02. The molecule has 24 heavy (non-hydrogen) atoms. The highest BCUT2D eigenvalue weighted by Gasteiger charge is 2.39. The number of carbonyl (C=O) groups is 1. The molecule has 2 heterocycles. The average Bonchev–Trinajstić information content (AvgIpc) is 2.55. The van der Waals surface area contributed by atoms with Crippen LogP contribution in [0.4, 0.5) is 8.78 Å². The summed E-state index contributed by atoms with van der Waals surface area (Å²) in [4.78, 5) is 12.5. The van der Waals surface area contributed by atoms with Crippen LogP contribution < -0.4 is 10.1 Å². The van der Waals surface area contributed by atoms with E-state index in [1.807, 2.05) is 0 Å². The lowest BCUT2D eigenvalue weighted by molar-refractivity contribution is -0.139. The summed E-state index contributed by atoms with van der Waals surface area (Å²) in [5, 5.41) is 2.94. The Morgan fingerprint density at radius 2 is 2.00 bits per heavy atom. The number of benzene rings is 1. The van der Waals surface area contributed by atoms with E-state index in [9.17, 15) is 13.6 Å². The third-order valence-corrected chi connectivity index (χ3v) is 4.58. The van der Waals surface area contributed by atoms with Crippen molar-refractivity contribution < 1.29 is 27.8 Å². The summed E-state index contributed by atoms with van der Waals surface area (Å²) < 4.78 is 40.7. The lowest BCUT2D eigenvalue weighted by Crippen LogP contribution is -2.51. The van der Waals surface area contributed by atoms with Crippen molar-refractivity contribution in [3.8, 4) is 5.75 Å². The molecule has 0 unspecified atom stereocenters. The van der Waals surface area contributed by atoms with E-state index in [2.05, 4.69) is 10.1 Å². The second kappa shape index (κ2) is 7.44. The molecule has 0 aliphatic carbocycles. The topological polar surface area (TPSA) is 56.8 Å². The number of hydrogen-bond donors (Lipinski definition) is 1. The number of amides is 1. The van der Waals surface area contributed by atoms with Crippen LogP contribution in [0.1, 0.15) is 36.0 Å².